The van der Waals surface area contributed by atoms with Crippen molar-refractivity contribution >= 4 is 22.9 Å². The molecule has 0 spiro atoms. The molecule has 1 aliphatic rings. The van der Waals surface area contributed by atoms with Gasteiger partial charge in [0.25, 0.3) is 5.91 Å². The summed E-state index contributed by atoms with van der Waals surface area (Å²) < 4.78 is 5.94. The number of carbonyl (C=O) groups is 1. The lowest BCUT2D eigenvalue weighted by molar-refractivity contribution is 0.0950. The molecule has 0 N–H and O–H groups in total. The lowest BCUT2D eigenvalue weighted by Gasteiger charge is -2.34. The zero-order chi connectivity index (χ0) is 17.2. The summed E-state index contributed by atoms with van der Waals surface area (Å²) in [6, 6.07) is 7.61. The number of para-hydroxylation sites is 2. The third-order valence-corrected chi connectivity index (χ3v) is 4.91. The summed E-state index contributed by atoms with van der Waals surface area (Å²) in [6.45, 7) is 2.57. The first kappa shape index (κ1) is 15.7. The van der Waals surface area contributed by atoms with E-state index in [1.807, 2.05) is 24.3 Å². The van der Waals surface area contributed by atoms with Crippen LogP contribution in [0.1, 0.15) is 23.8 Å². The van der Waals surface area contributed by atoms with Crippen LogP contribution in [0.2, 0.25) is 0 Å². The van der Waals surface area contributed by atoms with Crippen LogP contribution >= 0.6 is 11.3 Å². The number of hydrogen-bond acceptors (Lipinski definition) is 6. The summed E-state index contributed by atoms with van der Waals surface area (Å²) in [5, 5.41) is 2.45. The SMILES string of the molecule is CCC1CN(C(=O)c2csc(-c3cnccn3)n2)c2ccccc2O1. The molecule has 0 fully saturated rings. The van der Waals surface area contributed by atoms with Crippen LogP contribution in [0.4, 0.5) is 5.69 Å². The summed E-state index contributed by atoms with van der Waals surface area (Å²) in [7, 11) is 0. The maximum Gasteiger partial charge on any atom is 0.278 e. The van der Waals surface area contributed by atoms with E-state index in [-0.39, 0.29) is 12.0 Å². The predicted octanol–water partition coefficient (Wildman–Crippen LogP) is 3.42. The fourth-order valence-electron chi connectivity index (χ4n) is 2.74. The topological polar surface area (TPSA) is 68.2 Å². The van der Waals surface area contributed by atoms with Gasteiger partial charge < -0.3 is 4.74 Å². The molecule has 4 rings (SSSR count). The molecule has 0 aliphatic carbocycles. The molecule has 126 valence electrons. The Morgan fingerprint density at radius 2 is 2.24 bits per heavy atom. The number of hydrogen-bond donors (Lipinski definition) is 0. The second kappa shape index (κ2) is 6.60. The highest BCUT2D eigenvalue weighted by molar-refractivity contribution is 7.13. The first-order valence-electron chi connectivity index (χ1n) is 8.05. The first-order chi connectivity index (χ1) is 12.3. The number of ether oxygens (including phenoxy) is 1. The van der Waals surface area contributed by atoms with Gasteiger partial charge in [0.05, 0.1) is 18.4 Å². The van der Waals surface area contributed by atoms with Gasteiger partial charge in [0, 0.05) is 17.8 Å². The largest absolute Gasteiger partial charge is 0.486 e. The quantitative estimate of drug-likeness (QED) is 0.722. The van der Waals surface area contributed by atoms with Crippen molar-refractivity contribution in [3.63, 3.8) is 0 Å². The average molecular weight is 352 g/mol. The number of carbonyl (C=O) groups excluding carboxylic acids is 1. The molecule has 3 heterocycles. The number of thiazole rings is 1. The number of nitrogens with zero attached hydrogens (tertiary/aromatic N) is 4. The Hall–Kier alpha value is -2.80. The van der Waals surface area contributed by atoms with Crippen molar-refractivity contribution in [1.82, 2.24) is 15.0 Å². The van der Waals surface area contributed by atoms with Crippen LogP contribution < -0.4 is 9.64 Å². The van der Waals surface area contributed by atoms with E-state index in [0.29, 0.717) is 22.9 Å². The average Bonchev–Trinajstić information content (AvgIpc) is 3.17. The van der Waals surface area contributed by atoms with Crippen molar-refractivity contribution in [2.24, 2.45) is 0 Å². The third-order valence-electron chi connectivity index (χ3n) is 4.04. The molecule has 6 nitrogen and oxygen atoms in total. The Bertz CT molecular complexity index is 897. The molecule has 0 saturated heterocycles. The second-order valence-corrected chi connectivity index (χ2v) is 6.52. The fraction of sp³-hybridized carbons (Fsp3) is 0.222. The van der Waals surface area contributed by atoms with Crippen LogP contribution in [0.5, 0.6) is 5.75 Å². The van der Waals surface area contributed by atoms with E-state index in [1.165, 1.54) is 11.3 Å². The van der Waals surface area contributed by atoms with E-state index in [4.69, 9.17) is 4.74 Å². The third kappa shape index (κ3) is 2.98. The number of amides is 1. The Morgan fingerprint density at radius 3 is 3.04 bits per heavy atom. The Labute approximate surface area is 149 Å². The normalized spacial score (nSPS) is 16.2. The summed E-state index contributed by atoms with van der Waals surface area (Å²) in [4.78, 5) is 27.5. The van der Waals surface area contributed by atoms with Gasteiger partial charge in [-0.3, -0.25) is 19.7 Å². The molecule has 3 aromatic rings. The maximum absolute atomic E-state index is 13.0. The van der Waals surface area contributed by atoms with Gasteiger partial charge in [0.15, 0.2) is 0 Å². The van der Waals surface area contributed by atoms with Crippen molar-refractivity contribution in [3.05, 3.63) is 53.9 Å². The zero-order valence-electron chi connectivity index (χ0n) is 13.6. The number of anilines is 1. The smallest absolute Gasteiger partial charge is 0.278 e. The van der Waals surface area contributed by atoms with Gasteiger partial charge >= 0.3 is 0 Å². The number of benzene rings is 1. The minimum atomic E-state index is -0.124. The molecule has 0 radical (unpaired) electrons. The summed E-state index contributed by atoms with van der Waals surface area (Å²) in [5.74, 6) is 0.610. The van der Waals surface area contributed by atoms with E-state index in [9.17, 15) is 4.79 Å². The van der Waals surface area contributed by atoms with Gasteiger partial charge in [-0.05, 0) is 18.6 Å². The molecule has 1 atom stereocenters. The molecule has 0 bridgehead atoms. The summed E-state index contributed by atoms with van der Waals surface area (Å²) in [6.07, 6.45) is 5.68. The molecule has 25 heavy (non-hydrogen) atoms. The molecule has 1 amide bonds. The summed E-state index contributed by atoms with van der Waals surface area (Å²) >= 11 is 1.39. The zero-order valence-corrected chi connectivity index (χ0v) is 14.4. The molecular formula is C18H16N4O2S. The number of aromatic nitrogens is 3. The monoisotopic (exact) mass is 352 g/mol. The minimum absolute atomic E-state index is 0.0167. The number of rotatable bonds is 3. The maximum atomic E-state index is 13.0. The molecule has 2 aromatic heterocycles. The van der Waals surface area contributed by atoms with Gasteiger partial charge in [-0.25, -0.2) is 4.98 Å². The van der Waals surface area contributed by atoms with Crippen molar-refractivity contribution in [2.75, 3.05) is 11.4 Å². The molecular weight excluding hydrogens is 336 g/mol. The van der Waals surface area contributed by atoms with E-state index in [1.54, 1.807) is 28.9 Å². The first-order valence-corrected chi connectivity index (χ1v) is 8.93. The van der Waals surface area contributed by atoms with Gasteiger partial charge in [-0.15, -0.1) is 11.3 Å². The van der Waals surface area contributed by atoms with Gasteiger partial charge in [0.2, 0.25) is 0 Å². The highest BCUT2D eigenvalue weighted by Gasteiger charge is 2.30. The number of fused-ring (bicyclic) bond motifs is 1. The van der Waals surface area contributed by atoms with Crippen molar-refractivity contribution in [3.8, 4) is 16.5 Å². The van der Waals surface area contributed by atoms with Crippen LogP contribution in [-0.4, -0.2) is 33.5 Å². The highest BCUT2D eigenvalue weighted by atomic mass is 32.1. The lowest BCUT2D eigenvalue weighted by Crippen LogP contribution is -2.43. The Kier molecular flexibility index (Phi) is 4.15. The minimum Gasteiger partial charge on any atom is -0.486 e. The second-order valence-electron chi connectivity index (χ2n) is 5.66. The fourth-order valence-corrected chi connectivity index (χ4v) is 3.49. The van der Waals surface area contributed by atoms with Crippen LogP contribution in [0, 0.1) is 0 Å². The van der Waals surface area contributed by atoms with Crippen LogP contribution in [0.25, 0.3) is 10.7 Å². The predicted molar refractivity (Wildman–Crippen MR) is 96.0 cm³/mol. The Morgan fingerprint density at radius 1 is 1.36 bits per heavy atom. The molecule has 1 aliphatic heterocycles. The molecule has 1 aromatic carbocycles. The van der Waals surface area contributed by atoms with E-state index in [2.05, 4.69) is 21.9 Å². The van der Waals surface area contributed by atoms with Gasteiger partial charge in [0.1, 0.15) is 28.2 Å². The lowest BCUT2D eigenvalue weighted by atomic mass is 10.1. The van der Waals surface area contributed by atoms with E-state index in [0.717, 1.165) is 17.9 Å². The van der Waals surface area contributed by atoms with Crippen LogP contribution in [0.3, 0.4) is 0 Å². The van der Waals surface area contributed by atoms with Crippen LogP contribution in [0.15, 0.2) is 48.2 Å². The molecule has 0 saturated carbocycles. The standard InChI is InChI=1S/C18H16N4O2S/c1-2-12-10-22(15-5-3-4-6-16(15)24-12)18(23)14-11-25-17(21-14)13-9-19-7-8-20-13/h3-9,11-12H,2,10H2,1H3. The van der Waals surface area contributed by atoms with Gasteiger partial charge in [-0.1, -0.05) is 19.1 Å². The van der Waals surface area contributed by atoms with Crippen LogP contribution in [-0.2, 0) is 0 Å². The highest BCUT2D eigenvalue weighted by Crippen LogP contribution is 2.35. The van der Waals surface area contributed by atoms with Crippen molar-refractivity contribution in [1.29, 1.82) is 0 Å². The van der Waals surface area contributed by atoms with Crippen molar-refractivity contribution < 1.29 is 9.53 Å². The van der Waals surface area contributed by atoms with E-state index < -0.39 is 0 Å². The van der Waals surface area contributed by atoms with E-state index >= 15 is 0 Å². The van der Waals surface area contributed by atoms with Gasteiger partial charge in [-0.2, -0.15) is 0 Å². The molecule has 1 unspecified atom stereocenters. The molecule has 7 heteroatoms. The summed E-state index contributed by atoms with van der Waals surface area (Å²) in [5.41, 5.74) is 1.86. The Balaban J connectivity index is 1.66. The van der Waals surface area contributed by atoms with Crippen molar-refractivity contribution in [2.45, 2.75) is 19.4 Å².